The van der Waals surface area contributed by atoms with Crippen LogP contribution in [0.25, 0.3) is 0 Å². The molecule has 1 unspecified atom stereocenters. The van der Waals surface area contributed by atoms with Crippen LogP contribution in [-0.2, 0) is 0 Å². The first-order valence-corrected chi connectivity index (χ1v) is 12.4. The number of hydrogen-bond donors (Lipinski definition) is 1. The van der Waals surface area contributed by atoms with Gasteiger partial charge in [-0.05, 0) is 34.4 Å². The van der Waals surface area contributed by atoms with Gasteiger partial charge in [-0.25, -0.2) is 0 Å². The second-order valence-corrected chi connectivity index (χ2v) is 8.79. The van der Waals surface area contributed by atoms with Crippen molar-refractivity contribution in [3.05, 3.63) is 179 Å². The molecule has 37 heavy (non-hydrogen) atoms. The van der Waals surface area contributed by atoms with Crippen LogP contribution >= 0.6 is 0 Å². The Hall–Kier alpha value is -4.76. The quantitative estimate of drug-likeness (QED) is 0.230. The van der Waals surface area contributed by atoms with Crippen LogP contribution in [0.4, 0.5) is 0 Å². The van der Waals surface area contributed by atoms with Gasteiger partial charge in [0.25, 0.3) is 5.91 Å². The molecule has 0 radical (unpaired) electrons. The van der Waals surface area contributed by atoms with Crippen LogP contribution in [0.15, 0.2) is 157 Å². The van der Waals surface area contributed by atoms with E-state index in [4.69, 9.17) is 4.99 Å². The first kappa shape index (κ1) is 24.0. The molecular formula is C34H28N2O. The van der Waals surface area contributed by atoms with Crippen molar-refractivity contribution in [2.75, 3.05) is 0 Å². The Morgan fingerprint density at radius 2 is 0.865 bits per heavy atom. The second kappa shape index (κ2) is 11.8. The molecule has 1 N–H and O–H groups in total. The Balaban J connectivity index is 1.68. The largest absolute Gasteiger partial charge is 0.340 e. The molecule has 0 aliphatic carbocycles. The predicted molar refractivity (Wildman–Crippen MR) is 151 cm³/mol. The zero-order chi connectivity index (χ0) is 25.3. The lowest BCUT2D eigenvalue weighted by Crippen LogP contribution is -2.34. The second-order valence-electron chi connectivity index (χ2n) is 8.79. The van der Waals surface area contributed by atoms with Gasteiger partial charge < -0.3 is 5.32 Å². The molecule has 0 fully saturated rings. The van der Waals surface area contributed by atoms with E-state index in [0.29, 0.717) is 5.56 Å². The van der Waals surface area contributed by atoms with Crippen molar-refractivity contribution < 1.29 is 4.79 Å². The summed E-state index contributed by atoms with van der Waals surface area (Å²) in [4.78, 5) is 18.8. The smallest absolute Gasteiger partial charge is 0.252 e. The summed E-state index contributed by atoms with van der Waals surface area (Å²) >= 11 is 0. The van der Waals surface area contributed by atoms with Crippen molar-refractivity contribution in [3.63, 3.8) is 0 Å². The number of carbonyl (C=O) groups is 1. The normalized spacial score (nSPS) is 12.2. The van der Waals surface area contributed by atoms with Gasteiger partial charge in [0.1, 0.15) is 6.04 Å². The number of carbonyl (C=O) groups excluding carboxylic acids is 1. The van der Waals surface area contributed by atoms with Gasteiger partial charge in [-0.2, -0.15) is 0 Å². The summed E-state index contributed by atoms with van der Waals surface area (Å²) < 4.78 is 0. The molecule has 0 saturated carbocycles. The minimum atomic E-state index is -0.453. The highest BCUT2D eigenvalue weighted by atomic mass is 16.1. The lowest BCUT2D eigenvalue weighted by molar-refractivity contribution is 0.0946. The number of hydrogen-bond acceptors (Lipinski definition) is 2. The lowest BCUT2D eigenvalue weighted by Gasteiger charge is -2.25. The molecule has 0 aliphatic heterocycles. The van der Waals surface area contributed by atoms with E-state index in [2.05, 4.69) is 41.7 Å². The van der Waals surface area contributed by atoms with E-state index in [-0.39, 0.29) is 11.9 Å². The van der Waals surface area contributed by atoms with Crippen LogP contribution in [0.2, 0.25) is 0 Å². The Morgan fingerprint density at radius 3 is 1.32 bits per heavy atom. The molecule has 0 saturated heterocycles. The van der Waals surface area contributed by atoms with Gasteiger partial charge in [0, 0.05) is 5.56 Å². The molecule has 0 aliphatic rings. The SMILES string of the molecule is O=C(NC(C(=NC(c1ccccc1)c1ccccc1)c1ccccc1)c1ccccc1)c1ccccc1. The Bertz CT molecular complexity index is 1400. The van der Waals surface area contributed by atoms with E-state index in [1.807, 2.05) is 115 Å². The zero-order valence-corrected chi connectivity index (χ0v) is 20.4. The number of nitrogens with zero attached hydrogens (tertiary/aromatic N) is 1. The van der Waals surface area contributed by atoms with Crippen molar-refractivity contribution in [2.45, 2.75) is 12.1 Å². The zero-order valence-electron chi connectivity index (χ0n) is 20.4. The maximum absolute atomic E-state index is 13.4. The molecule has 0 bridgehead atoms. The Labute approximate surface area is 218 Å². The van der Waals surface area contributed by atoms with Crippen LogP contribution in [0.3, 0.4) is 0 Å². The van der Waals surface area contributed by atoms with Gasteiger partial charge in [-0.3, -0.25) is 9.79 Å². The Morgan fingerprint density at radius 1 is 0.486 bits per heavy atom. The summed E-state index contributed by atoms with van der Waals surface area (Å²) in [7, 11) is 0. The maximum Gasteiger partial charge on any atom is 0.252 e. The highest BCUT2D eigenvalue weighted by Crippen LogP contribution is 2.30. The number of benzene rings is 5. The summed E-state index contributed by atoms with van der Waals surface area (Å²) in [6.45, 7) is 0. The van der Waals surface area contributed by atoms with Gasteiger partial charge in [0.05, 0.1) is 11.8 Å². The monoisotopic (exact) mass is 480 g/mol. The minimum absolute atomic E-state index is 0.144. The van der Waals surface area contributed by atoms with E-state index in [0.717, 1.165) is 28.0 Å². The van der Waals surface area contributed by atoms with Gasteiger partial charge in [0.2, 0.25) is 0 Å². The number of rotatable bonds is 8. The van der Waals surface area contributed by atoms with Gasteiger partial charge in [-0.15, -0.1) is 0 Å². The fourth-order valence-electron chi connectivity index (χ4n) is 4.43. The molecule has 0 spiro atoms. The van der Waals surface area contributed by atoms with Crippen LogP contribution in [0.1, 0.15) is 44.7 Å². The fourth-order valence-corrected chi connectivity index (χ4v) is 4.43. The molecule has 1 amide bonds. The average Bonchev–Trinajstić information content (AvgIpc) is 2.99. The van der Waals surface area contributed by atoms with E-state index < -0.39 is 6.04 Å². The molecule has 180 valence electrons. The summed E-state index contributed by atoms with van der Waals surface area (Å²) in [6.07, 6.45) is 0. The van der Waals surface area contributed by atoms with Crippen molar-refractivity contribution in [2.24, 2.45) is 4.99 Å². The van der Waals surface area contributed by atoms with Crippen molar-refractivity contribution in [1.82, 2.24) is 5.32 Å². The number of nitrogens with one attached hydrogen (secondary N) is 1. The van der Waals surface area contributed by atoms with Gasteiger partial charge in [-0.1, -0.05) is 140 Å². The van der Waals surface area contributed by atoms with Gasteiger partial charge in [0.15, 0.2) is 0 Å². The van der Waals surface area contributed by atoms with Crippen LogP contribution in [0.5, 0.6) is 0 Å². The third-order valence-electron chi connectivity index (χ3n) is 6.29. The molecular weight excluding hydrogens is 452 g/mol. The van der Waals surface area contributed by atoms with E-state index in [1.54, 1.807) is 0 Å². The van der Waals surface area contributed by atoms with Gasteiger partial charge >= 0.3 is 0 Å². The summed E-state index contributed by atoms with van der Waals surface area (Å²) in [5.41, 5.74) is 5.51. The number of aliphatic imine (C=N–C) groups is 1. The van der Waals surface area contributed by atoms with E-state index in [1.165, 1.54) is 0 Å². The fraction of sp³-hybridized carbons (Fsp3) is 0.0588. The first-order chi connectivity index (χ1) is 18.3. The molecule has 5 rings (SSSR count). The Kier molecular flexibility index (Phi) is 7.63. The van der Waals surface area contributed by atoms with Crippen molar-refractivity contribution in [3.8, 4) is 0 Å². The topological polar surface area (TPSA) is 41.5 Å². The molecule has 1 atom stereocenters. The summed E-state index contributed by atoms with van der Waals surface area (Å²) in [5, 5.41) is 3.29. The van der Waals surface area contributed by atoms with Crippen LogP contribution < -0.4 is 5.32 Å². The number of amides is 1. The molecule has 3 heteroatoms. The minimum Gasteiger partial charge on any atom is -0.340 e. The maximum atomic E-state index is 13.4. The van der Waals surface area contributed by atoms with Crippen LogP contribution in [-0.4, -0.2) is 11.6 Å². The third-order valence-corrected chi connectivity index (χ3v) is 6.29. The van der Waals surface area contributed by atoms with Crippen molar-refractivity contribution in [1.29, 1.82) is 0 Å². The molecule has 3 nitrogen and oxygen atoms in total. The van der Waals surface area contributed by atoms with Crippen LogP contribution in [0, 0.1) is 0 Å². The average molecular weight is 481 g/mol. The summed E-state index contributed by atoms with van der Waals surface area (Å²) in [5.74, 6) is -0.144. The third kappa shape index (κ3) is 5.91. The van der Waals surface area contributed by atoms with Crippen molar-refractivity contribution >= 4 is 11.6 Å². The first-order valence-electron chi connectivity index (χ1n) is 12.4. The summed E-state index contributed by atoms with van der Waals surface area (Å²) in [6, 6.07) is 49.3. The van der Waals surface area contributed by atoms with E-state index in [9.17, 15) is 4.79 Å². The standard InChI is InChI=1S/C34H28N2O/c37-34(30-24-14-5-15-25-30)36-33(29-22-12-4-13-23-29)32(28-20-10-3-11-21-28)35-31(26-16-6-1-7-17-26)27-18-8-2-9-19-27/h1-25,31,33H,(H,36,37). The highest BCUT2D eigenvalue weighted by molar-refractivity contribution is 6.08. The predicted octanol–water partition coefficient (Wildman–Crippen LogP) is 7.44. The lowest BCUT2D eigenvalue weighted by atomic mass is 9.93. The molecule has 0 aromatic heterocycles. The molecule has 5 aromatic rings. The molecule has 0 heterocycles. The van der Waals surface area contributed by atoms with E-state index >= 15 is 0 Å². The molecule has 5 aromatic carbocycles. The highest BCUT2D eigenvalue weighted by Gasteiger charge is 2.25.